The molecule has 0 saturated heterocycles. The molecular weight excluding hydrogens is 366 g/mol. The molecule has 5 atom stereocenters. The van der Waals surface area contributed by atoms with Crippen LogP contribution in [0, 0.1) is 29.6 Å². The molecule has 29 heavy (non-hydrogen) atoms. The van der Waals surface area contributed by atoms with Gasteiger partial charge in [-0.25, -0.2) is 0 Å². The van der Waals surface area contributed by atoms with E-state index in [0.717, 1.165) is 49.2 Å². The summed E-state index contributed by atoms with van der Waals surface area (Å²) in [5, 5.41) is 0. The van der Waals surface area contributed by atoms with Gasteiger partial charge in [0.15, 0.2) is 0 Å². The Balaban J connectivity index is 1.33. The van der Waals surface area contributed by atoms with Gasteiger partial charge in [0, 0.05) is 0 Å². The highest BCUT2D eigenvalue weighted by Crippen LogP contribution is 2.48. The molecule has 1 aromatic rings. The molecule has 0 radical (unpaired) electrons. The van der Waals surface area contributed by atoms with E-state index in [-0.39, 0.29) is 5.92 Å². The van der Waals surface area contributed by atoms with E-state index in [1.807, 2.05) is 19.1 Å². The summed E-state index contributed by atoms with van der Waals surface area (Å²) in [4.78, 5) is 0. The Hall–Kier alpha value is -1.64. The summed E-state index contributed by atoms with van der Waals surface area (Å²) in [6.45, 7) is 2.65. The number of benzene rings is 1. The number of hydrogen-bond acceptors (Lipinski definition) is 1. The van der Waals surface area contributed by atoms with Crippen molar-refractivity contribution in [2.45, 2.75) is 64.7 Å². The van der Waals surface area contributed by atoms with Crippen molar-refractivity contribution < 1.29 is 13.5 Å². The highest BCUT2D eigenvalue weighted by atomic mass is 19.3. The Bertz CT molecular complexity index is 749. The molecule has 3 aliphatic rings. The summed E-state index contributed by atoms with van der Waals surface area (Å²) in [5.74, 6) is 4.15. The van der Waals surface area contributed by atoms with Crippen molar-refractivity contribution in [1.82, 2.24) is 0 Å². The summed E-state index contributed by atoms with van der Waals surface area (Å²) in [5.41, 5.74) is 2.97. The van der Waals surface area contributed by atoms with E-state index in [0.29, 0.717) is 12.5 Å². The minimum atomic E-state index is -1.49. The van der Waals surface area contributed by atoms with Crippen LogP contribution in [0.4, 0.5) is 8.78 Å². The van der Waals surface area contributed by atoms with E-state index in [1.54, 1.807) is 0 Å². The van der Waals surface area contributed by atoms with Gasteiger partial charge in [0.05, 0.1) is 0 Å². The maximum absolute atomic E-state index is 12.6. The lowest BCUT2D eigenvalue weighted by atomic mass is 9.61. The molecular formula is C26H34F2O. The average Bonchev–Trinajstić information content (AvgIpc) is 2.73. The molecule has 0 N–H and O–H groups in total. The smallest absolute Gasteiger partial charge is 0.266 e. The third kappa shape index (κ3) is 5.10. The van der Waals surface area contributed by atoms with Gasteiger partial charge in [-0.3, -0.25) is 0 Å². The lowest BCUT2D eigenvalue weighted by molar-refractivity contribution is 0.0802. The first-order valence-electron chi connectivity index (χ1n) is 11.5. The Morgan fingerprint density at radius 3 is 2.52 bits per heavy atom. The molecule has 0 aromatic heterocycles. The van der Waals surface area contributed by atoms with Crippen molar-refractivity contribution in [2.75, 3.05) is 6.61 Å². The Morgan fingerprint density at radius 1 is 0.966 bits per heavy atom. The first-order chi connectivity index (χ1) is 14.1. The van der Waals surface area contributed by atoms with Crippen molar-refractivity contribution in [3.63, 3.8) is 0 Å². The maximum Gasteiger partial charge on any atom is 0.266 e. The fourth-order valence-corrected chi connectivity index (χ4v) is 6.21. The van der Waals surface area contributed by atoms with E-state index >= 15 is 0 Å². The van der Waals surface area contributed by atoms with Gasteiger partial charge >= 0.3 is 0 Å². The third-order valence-electron chi connectivity index (χ3n) is 7.75. The fourth-order valence-electron chi connectivity index (χ4n) is 6.21. The zero-order valence-electron chi connectivity index (χ0n) is 17.6. The van der Waals surface area contributed by atoms with Crippen LogP contribution in [0.25, 0.3) is 0 Å². The van der Waals surface area contributed by atoms with Crippen molar-refractivity contribution in [3.8, 4) is 5.75 Å². The third-order valence-corrected chi connectivity index (χ3v) is 7.75. The lowest BCUT2D eigenvalue weighted by Gasteiger charge is -2.44. The van der Waals surface area contributed by atoms with Crippen LogP contribution < -0.4 is 4.74 Å². The first kappa shape index (κ1) is 20.6. The van der Waals surface area contributed by atoms with Gasteiger partial charge in [-0.05, 0) is 124 Å². The molecule has 0 amide bonds. The highest BCUT2D eigenvalue weighted by Gasteiger charge is 2.38. The second-order valence-electron chi connectivity index (χ2n) is 9.44. The van der Waals surface area contributed by atoms with Gasteiger partial charge in [0.1, 0.15) is 12.4 Å². The molecule has 1 aromatic carbocycles. The van der Waals surface area contributed by atoms with Gasteiger partial charge in [0.25, 0.3) is 6.08 Å². The number of halogens is 2. The minimum Gasteiger partial charge on any atom is -0.490 e. The van der Waals surface area contributed by atoms with Crippen LogP contribution in [0.5, 0.6) is 5.75 Å². The summed E-state index contributed by atoms with van der Waals surface area (Å²) in [6, 6.07) is 6.65. The van der Waals surface area contributed by atoms with Gasteiger partial charge in [-0.15, -0.1) is 0 Å². The molecule has 4 rings (SSSR count). The van der Waals surface area contributed by atoms with Gasteiger partial charge in [0.2, 0.25) is 0 Å². The van der Waals surface area contributed by atoms with Crippen LogP contribution in [0.1, 0.15) is 63.0 Å². The molecule has 5 unspecified atom stereocenters. The quantitative estimate of drug-likeness (QED) is 0.469. The van der Waals surface area contributed by atoms with Crippen LogP contribution in [0.15, 0.2) is 42.5 Å². The maximum atomic E-state index is 12.6. The second-order valence-corrected chi connectivity index (χ2v) is 9.44. The first-order valence-corrected chi connectivity index (χ1v) is 11.5. The van der Waals surface area contributed by atoms with E-state index in [4.69, 9.17) is 4.74 Å². The molecule has 158 valence electrons. The highest BCUT2D eigenvalue weighted by molar-refractivity contribution is 5.37. The van der Waals surface area contributed by atoms with Crippen LogP contribution in [0.3, 0.4) is 0 Å². The topological polar surface area (TPSA) is 9.23 Å². The molecule has 0 spiro atoms. The van der Waals surface area contributed by atoms with Crippen molar-refractivity contribution in [2.24, 2.45) is 29.6 Å². The van der Waals surface area contributed by atoms with E-state index in [1.165, 1.54) is 49.3 Å². The Morgan fingerprint density at radius 2 is 1.72 bits per heavy atom. The normalized spacial score (nSPS) is 31.8. The largest absolute Gasteiger partial charge is 0.490 e. The molecule has 2 fully saturated rings. The summed E-state index contributed by atoms with van der Waals surface area (Å²) < 4.78 is 31.1. The van der Waals surface area contributed by atoms with Crippen LogP contribution in [0.2, 0.25) is 0 Å². The summed E-state index contributed by atoms with van der Waals surface area (Å²) in [7, 11) is 0. The van der Waals surface area contributed by atoms with E-state index < -0.39 is 6.08 Å². The second kappa shape index (κ2) is 9.45. The number of aryl methyl sites for hydroxylation is 1. The Kier molecular flexibility index (Phi) is 6.72. The van der Waals surface area contributed by atoms with Crippen molar-refractivity contribution in [1.29, 1.82) is 0 Å². The van der Waals surface area contributed by atoms with Crippen LogP contribution in [-0.2, 0) is 12.8 Å². The number of allylic oxidation sites excluding steroid dienone is 2. The standard InChI is InChI=1S/C26H34F2O/c1-2-3-12-29-25-11-10-23-16-22(8-9-24(23)17-25)21-7-6-19-13-18(14-26(27)28)4-5-20(19)15-21/h2-3,10-11,14,17-22H,4-9,12-13,15-16H2,1H3. The van der Waals surface area contributed by atoms with Gasteiger partial charge in [-0.2, -0.15) is 8.78 Å². The molecule has 0 bridgehead atoms. The van der Waals surface area contributed by atoms with Crippen LogP contribution >= 0.6 is 0 Å². The predicted molar refractivity (Wildman–Crippen MR) is 114 cm³/mol. The van der Waals surface area contributed by atoms with Crippen LogP contribution in [-0.4, -0.2) is 6.61 Å². The summed E-state index contributed by atoms with van der Waals surface area (Å²) in [6.07, 6.45) is 14.4. The summed E-state index contributed by atoms with van der Waals surface area (Å²) >= 11 is 0. The minimum absolute atomic E-state index is 0.114. The number of hydrogen-bond donors (Lipinski definition) is 0. The number of fused-ring (bicyclic) bond motifs is 2. The SMILES string of the molecule is CC=CCOc1ccc2c(c1)CCC(C1CCC3CC(C=C(F)F)CCC3C1)C2. The molecule has 0 heterocycles. The van der Waals surface area contributed by atoms with Gasteiger partial charge in [-0.1, -0.05) is 18.2 Å². The molecule has 3 aliphatic carbocycles. The lowest BCUT2D eigenvalue weighted by Crippen LogP contribution is -2.34. The predicted octanol–water partition coefficient (Wildman–Crippen LogP) is 7.36. The average molecular weight is 401 g/mol. The monoisotopic (exact) mass is 400 g/mol. The molecule has 1 nitrogen and oxygen atoms in total. The van der Waals surface area contributed by atoms with Crippen molar-refractivity contribution >= 4 is 0 Å². The Labute approximate surface area is 174 Å². The van der Waals surface area contributed by atoms with Crippen molar-refractivity contribution in [3.05, 3.63) is 53.6 Å². The molecule has 2 saturated carbocycles. The number of rotatable bonds is 5. The number of ether oxygens (including phenoxy) is 1. The zero-order valence-corrected chi connectivity index (χ0v) is 17.6. The fraction of sp³-hybridized carbons (Fsp3) is 0.615. The van der Waals surface area contributed by atoms with E-state index in [9.17, 15) is 8.78 Å². The zero-order chi connectivity index (χ0) is 20.2. The molecule has 0 aliphatic heterocycles. The van der Waals surface area contributed by atoms with E-state index in [2.05, 4.69) is 18.2 Å². The van der Waals surface area contributed by atoms with Gasteiger partial charge < -0.3 is 4.74 Å². The molecule has 3 heteroatoms.